The van der Waals surface area contributed by atoms with Gasteiger partial charge in [-0.15, -0.1) is 0 Å². The third-order valence-electron chi connectivity index (χ3n) is 6.97. The van der Waals surface area contributed by atoms with Crippen LogP contribution in [0.1, 0.15) is 28.4 Å². The van der Waals surface area contributed by atoms with Gasteiger partial charge in [0.15, 0.2) is 0 Å². The second-order valence-corrected chi connectivity index (χ2v) is 11.6. The van der Waals surface area contributed by atoms with Crippen LogP contribution in [0.25, 0.3) is 21.8 Å². The monoisotopic (exact) mass is 598 g/mol. The Morgan fingerprint density at radius 3 is 2.53 bits per heavy atom. The van der Waals surface area contributed by atoms with Crippen LogP contribution in [0.2, 0.25) is 0 Å². The highest BCUT2D eigenvalue weighted by molar-refractivity contribution is 7.93. The van der Waals surface area contributed by atoms with Gasteiger partial charge < -0.3 is 20.4 Å². The normalized spacial score (nSPS) is 11.4. The second kappa shape index (κ2) is 11.9. The molecule has 3 aromatic carbocycles. The van der Waals surface area contributed by atoms with Crippen LogP contribution in [-0.2, 0) is 33.1 Å². The molecule has 0 saturated heterocycles. The number of aryl methyl sites for hydroxylation is 1. The quantitative estimate of drug-likeness (QED) is 0.125. The Morgan fingerprint density at radius 1 is 1.07 bits per heavy atom. The van der Waals surface area contributed by atoms with Gasteiger partial charge in [0.2, 0.25) is 0 Å². The molecule has 0 aliphatic rings. The highest BCUT2D eigenvalue weighted by atomic mass is 32.2. The van der Waals surface area contributed by atoms with Gasteiger partial charge in [0.25, 0.3) is 15.9 Å². The number of aromatic nitrogens is 2. The molecule has 0 spiro atoms. The molecule has 2 heterocycles. The van der Waals surface area contributed by atoms with Crippen molar-refractivity contribution in [3.05, 3.63) is 102 Å². The lowest BCUT2D eigenvalue weighted by molar-refractivity contribution is -0.141. The summed E-state index contributed by atoms with van der Waals surface area (Å²) in [7, 11) is -2.52. The van der Waals surface area contributed by atoms with Crippen molar-refractivity contribution >= 4 is 55.2 Å². The second-order valence-electron chi connectivity index (χ2n) is 9.80. The number of amides is 1. The first kappa shape index (κ1) is 29.3. The summed E-state index contributed by atoms with van der Waals surface area (Å²) >= 11 is 0. The van der Waals surface area contributed by atoms with E-state index in [0.29, 0.717) is 27.4 Å². The van der Waals surface area contributed by atoms with E-state index in [-0.39, 0.29) is 41.0 Å². The number of benzene rings is 3. The topological polar surface area (TPSA) is 160 Å². The summed E-state index contributed by atoms with van der Waals surface area (Å²) in [5.74, 6) is -1.05. The van der Waals surface area contributed by atoms with E-state index in [9.17, 15) is 18.0 Å². The van der Waals surface area contributed by atoms with Crippen LogP contribution in [0, 0.1) is 5.41 Å². The number of carbonyl (C=O) groups is 2. The highest BCUT2D eigenvalue weighted by Crippen LogP contribution is 2.31. The van der Waals surface area contributed by atoms with Gasteiger partial charge in [-0.2, -0.15) is 0 Å². The van der Waals surface area contributed by atoms with Crippen molar-refractivity contribution in [1.29, 1.82) is 5.41 Å². The van der Waals surface area contributed by atoms with Crippen molar-refractivity contribution in [1.82, 2.24) is 14.9 Å². The number of pyridine rings is 1. The van der Waals surface area contributed by atoms with E-state index in [1.54, 1.807) is 91.5 Å². The number of rotatable bonds is 10. The molecule has 4 N–H and O–H groups in total. The number of nitrogens with one attached hydrogen (secondary N) is 2. The molecule has 220 valence electrons. The number of amidine groups is 1. The van der Waals surface area contributed by atoms with Crippen LogP contribution in [0.5, 0.6) is 0 Å². The van der Waals surface area contributed by atoms with Crippen LogP contribution in [0.4, 0.5) is 5.69 Å². The van der Waals surface area contributed by atoms with Crippen molar-refractivity contribution in [2.75, 3.05) is 17.5 Å². The minimum atomic E-state index is -4.27. The predicted molar refractivity (Wildman–Crippen MR) is 164 cm³/mol. The molecule has 0 bridgehead atoms. The lowest BCUT2D eigenvalue weighted by Crippen LogP contribution is -2.36. The SMILES string of the molecule is CCOC(=O)CN(c1ccc2c(C(=O)NCc3ccc(C(=N)N)cc3)cn(C)c2c1)S(=O)(=O)c1cccc2cccnc12. The number of carbonyl (C=O) groups excluding carboxylic acids is 2. The molecule has 0 radical (unpaired) electrons. The number of esters is 1. The average molecular weight is 599 g/mol. The van der Waals surface area contributed by atoms with Crippen molar-refractivity contribution < 1.29 is 22.7 Å². The fourth-order valence-corrected chi connectivity index (χ4v) is 6.40. The predicted octanol–water partition coefficient (Wildman–Crippen LogP) is 3.70. The smallest absolute Gasteiger partial charge is 0.326 e. The van der Waals surface area contributed by atoms with Crippen molar-refractivity contribution in [2.45, 2.75) is 18.4 Å². The molecule has 0 unspecified atom stereocenters. The van der Waals surface area contributed by atoms with Crippen molar-refractivity contribution in [3.63, 3.8) is 0 Å². The van der Waals surface area contributed by atoms with Gasteiger partial charge in [0, 0.05) is 42.3 Å². The fraction of sp³-hybridized carbons (Fsp3) is 0.161. The van der Waals surface area contributed by atoms with Gasteiger partial charge in [-0.05, 0) is 42.8 Å². The lowest BCUT2D eigenvalue weighted by Gasteiger charge is -2.24. The molecule has 12 heteroatoms. The number of fused-ring (bicyclic) bond motifs is 2. The van der Waals surface area contributed by atoms with Crippen LogP contribution in [0.3, 0.4) is 0 Å². The molecule has 0 aliphatic carbocycles. The van der Waals surface area contributed by atoms with Gasteiger partial charge in [-0.3, -0.25) is 24.3 Å². The first-order valence-corrected chi connectivity index (χ1v) is 14.9. The summed E-state index contributed by atoms with van der Waals surface area (Å²) in [5.41, 5.74) is 8.45. The van der Waals surface area contributed by atoms with E-state index in [2.05, 4.69) is 10.3 Å². The third-order valence-corrected chi connectivity index (χ3v) is 8.77. The van der Waals surface area contributed by atoms with E-state index < -0.39 is 22.5 Å². The number of hydrogen-bond donors (Lipinski definition) is 3. The van der Waals surface area contributed by atoms with Crippen LogP contribution in [-0.4, -0.2) is 48.8 Å². The molecule has 43 heavy (non-hydrogen) atoms. The molecular formula is C31H30N6O5S. The molecular weight excluding hydrogens is 568 g/mol. The van der Waals surface area contributed by atoms with Gasteiger partial charge in [0.05, 0.1) is 28.9 Å². The maximum Gasteiger partial charge on any atom is 0.326 e. The maximum absolute atomic E-state index is 14.1. The summed E-state index contributed by atoms with van der Waals surface area (Å²) in [5, 5.41) is 11.7. The van der Waals surface area contributed by atoms with E-state index in [1.165, 1.54) is 12.3 Å². The Labute approximate surface area is 248 Å². The average Bonchev–Trinajstić information content (AvgIpc) is 3.34. The number of nitrogen functional groups attached to an aromatic ring is 1. The fourth-order valence-electron chi connectivity index (χ4n) is 4.83. The Kier molecular flexibility index (Phi) is 8.13. The lowest BCUT2D eigenvalue weighted by atomic mass is 10.1. The van der Waals surface area contributed by atoms with Crippen molar-refractivity contribution in [2.24, 2.45) is 12.8 Å². The Hall–Kier alpha value is -5.23. The Bertz CT molecular complexity index is 1960. The molecule has 1 amide bonds. The first-order valence-electron chi connectivity index (χ1n) is 13.4. The summed E-state index contributed by atoms with van der Waals surface area (Å²) in [6, 6.07) is 20.2. The number of anilines is 1. The molecule has 11 nitrogen and oxygen atoms in total. The molecule has 0 atom stereocenters. The summed E-state index contributed by atoms with van der Waals surface area (Å²) in [6.45, 7) is 1.45. The van der Waals surface area contributed by atoms with Crippen LogP contribution in [0.15, 0.2) is 90.1 Å². The number of nitrogens with two attached hydrogens (primary N) is 1. The van der Waals surface area contributed by atoms with Crippen LogP contribution < -0.4 is 15.4 Å². The Morgan fingerprint density at radius 2 is 1.81 bits per heavy atom. The largest absolute Gasteiger partial charge is 0.465 e. The summed E-state index contributed by atoms with van der Waals surface area (Å²) < 4.78 is 36.0. The number of sulfonamides is 1. The molecule has 0 aliphatic heterocycles. The molecule has 2 aromatic heterocycles. The van der Waals surface area contributed by atoms with E-state index in [1.807, 2.05) is 0 Å². The third kappa shape index (κ3) is 5.90. The number of nitrogens with zero attached hydrogens (tertiary/aromatic N) is 3. The van der Waals surface area contributed by atoms with E-state index in [0.717, 1.165) is 9.87 Å². The van der Waals surface area contributed by atoms with E-state index >= 15 is 0 Å². The van der Waals surface area contributed by atoms with Gasteiger partial charge in [-0.1, -0.05) is 42.5 Å². The standard InChI is InChI=1S/C31H30N6O5S/c1-3-42-28(38)19-37(43(40,41)27-8-4-6-21-7-5-15-34-29(21)27)23-13-14-24-25(18-36(2)26(24)16-23)31(39)35-17-20-9-11-22(12-10-20)30(32)33/h4-16,18H,3,17,19H2,1-2H3,(H3,32,33)(H,35,39). The van der Waals surface area contributed by atoms with Crippen LogP contribution >= 0.6 is 0 Å². The van der Waals surface area contributed by atoms with E-state index in [4.69, 9.17) is 15.9 Å². The van der Waals surface area contributed by atoms with Gasteiger partial charge in [0.1, 0.15) is 17.3 Å². The highest BCUT2D eigenvalue weighted by Gasteiger charge is 2.30. The zero-order chi connectivity index (χ0) is 30.7. The maximum atomic E-state index is 14.1. The van der Waals surface area contributed by atoms with Gasteiger partial charge >= 0.3 is 5.97 Å². The number of hydrogen-bond acceptors (Lipinski definition) is 7. The number of para-hydroxylation sites is 1. The summed E-state index contributed by atoms with van der Waals surface area (Å²) in [4.78, 5) is 30.0. The molecule has 0 saturated carbocycles. The first-order chi connectivity index (χ1) is 20.6. The zero-order valence-electron chi connectivity index (χ0n) is 23.6. The molecule has 0 fully saturated rings. The summed E-state index contributed by atoms with van der Waals surface area (Å²) in [6.07, 6.45) is 3.18. The molecule has 5 rings (SSSR count). The van der Waals surface area contributed by atoms with Crippen molar-refractivity contribution in [3.8, 4) is 0 Å². The Balaban J connectivity index is 1.49. The molecule has 5 aromatic rings. The zero-order valence-corrected chi connectivity index (χ0v) is 24.4. The minimum Gasteiger partial charge on any atom is -0.465 e. The number of ether oxygens (including phenoxy) is 1. The minimum absolute atomic E-state index is 0.0342. The van der Waals surface area contributed by atoms with Gasteiger partial charge in [-0.25, -0.2) is 8.42 Å².